The Hall–Kier alpha value is -0.530. The molecule has 0 unspecified atom stereocenters. The third kappa shape index (κ3) is 2.50. The summed E-state index contributed by atoms with van der Waals surface area (Å²) >= 11 is 0. The number of benzene rings is 1. The van der Waals surface area contributed by atoms with E-state index in [-0.39, 0.29) is 18.4 Å². The van der Waals surface area contributed by atoms with Gasteiger partial charge in [-0.15, -0.1) is 12.4 Å². The number of halogens is 1. The van der Waals surface area contributed by atoms with Crippen molar-refractivity contribution in [3.8, 4) is 0 Å². The van der Waals surface area contributed by atoms with Gasteiger partial charge in [0.25, 0.3) is 0 Å². The summed E-state index contributed by atoms with van der Waals surface area (Å²) in [5.41, 5.74) is 9.60. The summed E-state index contributed by atoms with van der Waals surface area (Å²) in [6.45, 7) is 6.20. The van der Waals surface area contributed by atoms with Gasteiger partial charge in [-0.1, -0.05) is 23.8 Å². The summed E-state index contributed by atoms with van der Waals surface area (Å²) in [4.78, 5) is 0. The predicted octanol–water partition coefficient (Wildman–Crippen LogP) is 2.74. The monoisotopic (exact) mass is 185 g/mol. The molecule has 0 saturated carbocycles. The molecule has 2 heteroatoms. The van der Waals surface area contributed by atoms with Crippen LogP contribution in [0.25, 0.3) is 0 Å². The molecule has 12 heavy (non-hydrogen) atoms. The minimum atomic E-state index is 0. The Labute approximate surface area is 80.4 Å². The summed E-state index contributed by atoms with van der Waals surface area (Å²) < 4.78 is 0. The Balaban J connectivity index is 0.00000121. The van der Waals surface area contributed by atoms with Crippen LogP contribution in [0.3, 0.4) is 0 Å². The Kier molecular flexibility index (Phi) is 4.29. The zero-order valence-corrected chi connectivity index (χ0v) is 8.61. The molecule has 68 valence electrons. The molecule has 2 N–H and O–H groups in total. The van der Waals surface area contributed by atoms with E-state index >= 15 is 0 Å². The highest BCUT2D eigenvalue weighted by Gasteiger charge is 2.02. The standard InChI is InChI=1S/C10H15N.ClH/c1-7-4-5-8(2)10(6-7)9(3)11;/h4-6,9H,11H2,1-3H3;1H/t9-;/m1./s1. The lowest BCUT2D eigenvalue weighted by Crippen LogP contribution is -2.06. The molecule has 1 rings (SSSR count). The van der Waals surface area contributed by atoms with Crippen molar-refractivity contribution in [1.82, 2.24) is 0 Å². The topological polar surface area (TPSA) is 26.0 Å². The fraction of sp³-hybridized carbons (Fsp3) is 0.400. The van der Waals surface area contributed by atoms with E-state index in [2.05, 4.69) is 32.0 Å². The zero-order valence-electron chi connectivity index (χ0n) is 7.79. The van der Waals surface area contributed by atoms with Crippen molar-refractivity contribution in [2.75, 3.05) is 0 Å². The van der Waals surface area contributed by atoms with E-state index in [0.717, 1.165) is 0 Å². The van der Waals surface area contributed by atoms with E-state index in [9.17, 15) is 0 Å². The van der Waals surface area contributed by atoms with Gasteiger partial charge in [0.2, 0.25) is 0 Å². The van der Waals surface area contributed by atoms with Crippen molar-refractivity contribution in [3.63, 3.8) is 0 Å². The number of nitrogens with two attached hydrogens (primary N) is 1. The molecule has 0 heterocycles. The van der Waals surface area contributed by atoms with E-state index in [1.807, 2.05) is 6.92 Å². The van der Waals surface area contributed by atoms with Crippen molar-refractivity contribution in [3.05, 3.63) is 34.9 Å². The lowest BCUT2D eigenvalue weighted by Gasteiger charge is -2.09. The summed E-state index contributed by atoms with van der Waals surface area (Å²) in [6, 6.07) is 6.53. The molecule has 0 amide bonds. The molecule has 0 aromatic heterocycles. The van der Waals surface area contributed by atoms with Crippen LogP contribution in [0, 0.1) is 13.8 Å². The maximum Gasteiger partial charge on any atom is 0.0268 e. The van der Waals surface area contributed by atoms with Crippen LogP contribution >= 0.6 is 12.4 Å². The lowest BCUT2D eigenvalue weighted by molar-refractivity contribution is 0.808. The van der Waals surface area contributed by atoms with Gasteiger partial charge in [0.1, 0.15) is 0 Å². The van der Waals surface area contributed by atoms with Gasteiger partial charge in [-0.25, -0.2) is 0 Å². The number of aryl methyl sites for hydroxylation is 2. The smallest absolute Gasteiger partial charge is 0.0268 e. The first-order valence-electron chi connectivity index (χ1n) is 3.94. The maximum atomic E-state index is 5.78. The highest BCUT2D eigenvalue weighted by atomic mass is 35.5. The van der Waals surface area contributed by atoms with Crippen LogP contribution in [-0.2, 0) is 0 Å². The van der Waals surface area contributed by atoms with Crippen LogP contribution in [0.5, 0.6) is 0 Å². The van der Waals surface area contributed by atoms with E-state index < -0.39 is 0 Å². The molecule has 0 saturated heterocycles. The Morgan fingerprint density at radius 3 is 2.25 bits per heavy atom. The minimum Gasteiger partial charge on any atom is -0.324 e. The van der Waals surface area contributed by atoms with Gasteiger partial charge >= 0.3 is 0 Å². The first-order valence-corrected chi connectivity index (χ1v) is 3.94. The maximum absolute atomic E-state index is 5.78. The first-order chi connectivity index (χ1) is 5.11. The van der Waals surface area contributed by atoms with Gasteiger partial charge in [-0.05, 0) is 31.9 Å². The third-order valence-electron chi connectivity index (χ3n) is 1.93. The molecule has 1 atom stereocenters. The lowest BCUT2D eigenvalue weighted by atomic mass is 10.0. The van der Waals surface area contributed by atoms with Gasteiger partial charge < -0.3 is 5.73 Å². The number of hydrogen-bond acceptors (Lipinski definition) is 1. The van der Waals surface area contributed by atoms with Crippen LogP contribution in [0.2, 0.25) is 0 Å². The van der Waals surface area contributed by atoms with E-state index in [4.69, 9.17) is 5.73 Å². The molecule has 0 spiro atoms. The Morgan fingerprint density at radius 2 is 1.83 bits per heavy atom. The molecule has 1 aromatic carbocycles. The van der Waals surface area contributed by atoms with E-state index in [1.54, 1.807) is 0 Å². The Morgan fingerprint density at radius 1 is 1.25 bits per heavy atom. The van der Waals surface area contributed by atoms with Crippen molar-refractivity contribution < 1.29 is 0 Å². The second-order valence-electron chi connectivity index (χ2n) is 3.15. The van der Waals surface area contributed by atoms with Gasteiger partial charge in [0, 0.05) is 6.04 Å². The molecule has 0 radical (unpaired) electrons. The van der Waals surface area contributed by atoms with Crippen molar-refractivity contribution in [2.45, 2.75) is 26.8 Å². The molecule has 0 fully saturated rings. The van der Waals surface area contributed by atoms with E-state index in [1.165, 1.54) is 16.7 Å². The molecule has 1 aromatic rings. The summed E-state index contributed by atoms with van der Waals surface area (Å²) in [5.74, 6) is 0. The minimum absolute atomic E-state index is 0. The molecule has 0 aliphatic rings. The average Bonchev–Trinajstić information content (AvgIpc) is 1.94. The average molecular weight is 186 g/mol. The van der Waals surface area contributed by atoms with Gasteiger partial charge in [-0.2, -0.15) is 0 Å². The number of rotatable bonds is 1. The van der Waals surface area contributed by atoms with Gasteiger partial charge in [0.15, 0.2) is 0 Å². The van der Waals surface area contributed by atoms with Crippen LogP contribution in [0.1, 0.15) is 29.7 Å². The third-order valence-corrected chi connectivity index (χ3v) is 1.93. The van der Waals surface area contributed by atoms with Crippen LogP contribution in [0.4, 0.5) is 0 Å². The van der Waals surface area contributed by atoms with E-state index in [0.29, 0.717) is 0 Å². The fourth-order valence-corrected chi connectivity index (χ4v) is 1.25. The Bertz CT molecular complexity index is 256. The highest BCUT2D eigenvalue weighted by molar-refractivity contribution is 5.85. The zero-order chi connectivity index (χ0) is 8.43. The summed E-state index contributed by atoms with van der Waals surface area (Å²) in [6.07, 6.45) is 0. The van der Waals surface area contributed by atoms with Crippen LogP contribution in [0.15, 0.2) is 18.2 Å². The second kappa shape index (κ2) is 4.48. The van der Waals surface area contributed by atoms with Crippen LogP contribution in [-0.4, -0.2) is 0 Å². The largest absolute Gasteiger partial charge is 0.324 e. The molecule has 0 bridgehead atoms. The van der Waals surface area contributed by atoms with Gasteiger partial charge in [0.05, 0.1) is 0 Å². The molecular formula is C10H16ClN. The molecule has 1 nitrogen and oxygen atoms in total. The van der Waals surface area contributed by atoms with Crippen molar-refractivity contribution >= 4 is 12.4 Å². The summed E-state index contributed by atoms with van der Waals surface area (Å²) in [5, 5.41) is 0. The van der Waals surface area contributed by atoms with Gasteiger partial charge in [-0.3, -0.25) is 0 Å². The van der Waals surface area contributed by atoms with Crippen LogP contribution < -0.4 is 5.73 Å². The van der Waals surface area contributed by atoms with Crippen molar-refractivity contribution in [1.29, 1.82) is 0 Å². The highest BCUT2D eigenvalue weighted by Crippen LogP contribution is 2.16. The normalized spacial score (nSPS) is 12.0. The number of hydrogen-bond donors (Lipinski definition) is 1. The SMILES string of the molecule is Cc1ccc(C)c([C@@H](C)N)c1.Cl. The quantitative estimate of drug-likeness (QED) is 0.716. The molecular weight excluding hydrogens is 170 g/mol. The first kappa shape index (κ1) is 11.5. The molecule has 0 aliphatic carbocycles. The fourth-order valence-electron chi connectivity index (χ4n) is 1.25. The predicted molar refractivity (Wildman–Crippen MR) is 55.8 cm³/mol. The summed E-state index contributed by atoms with van der Waals surface area (Å²) in [7, 11) is 0. The molecule has 0 aliphatic heterocycles. The van der Waals surface area contributed by atoms with Crippen molar-refractivity contribution in [2.24, 2.45) is 5.73 Å². The second-order valence-corrected chi connectivity index (χ2v) is 3.15.